The van der Waals surface area contributed by atoms with Gasteiger partial charge in [-0.25, -0.2) is 0 Å². The van der Waals surface area contributed by atoms with Crippen LogP contribution < -0.4 is 0 Å². The molecule has 0 aliphatic heterocycles. The van der Waals surface area contributed by atoms with Crippen molar-refractivity contribution in [3.05, 3.63) is 23.8 Å². The SMILES string of the molecule is COC(=O)[C@]1(C(C)=O)CCC2C3C=CC4=CC(=O)[C@@H]5C[C@@H]5[C@]4(C)C3CC[C@@]21C. The molecule has 0 radical (unpaired) electrons. The van der Waals surface area contributed by atoms with Crippen LogP contribution >= 0.6 is 0 Å². The lowest BCUT2D eigenvalue weighted by molar-refractivity contribution is -0.170. The van der Waals surface area contributed by atoms with Gasteiger partial charge in [-0.2, -0.15) is 0 Å². The number of methoxy groups -OCH3 is 1. The molecule has 0 spiro atoms. The molecule has 0 aromatic carbocycles. The largest absolute Gasteiger partial charge is 0.468 e. The fraction of sp³-hybridized carbons (Fsp3) is 0.708. The predicted molar refractivity (Wildman–Crippen MR) is 104 cm³/mol. The third kappa shape index (κ3) is 1.85. The lowest BCUT2D eigenvalue weighted by Gasteiger charge is -2.57. The Kier molecular flexibility index (Phi) is 3.57. The van der Waals surface area contributed by atoms with E-state index in [0.717, 1.165) is 25.7 Å². The van der Waals surface area contributed by atoms with Crippen molar-refractivity contribution in [1.82, 2.24) is 0 Å². The lowest BCUT2D eigenvalue weighted by atomic mass is 9.46. The van der Waals surface area contributed by atoms with Crippen molar-refractivity contribution < 1.29 is 19.1 Å². The van der Waals surface area contributed by atoms with Crippen LogP contribution in [0.1, 0.15) is 52.9 Å². The zero-order chi connectivity index (χ0) is 20.1. The van der Waals surface area contributed by atoms with Crippen molar-refractivity contribution in [2.24, 2.45) is 45.8 Å². The Morgan fingerprint density at radius 2 is 1.82 bits per heavy atom. The number of rotatable bonds is 2. The molecule has 5 rings (SSSR count). The van der Waals surface area contributed by atoms with Crippen molar-refractivity contribution in [2.45, 2.75) is 52.9 Å². The molecule has 5 aliphatic carbocycles. The summed E-state index contributed by atoms with van der Waals surface area (Å²) in [5.41, 5.74) is -0.0913. The Balaban J connectivity index is 1.58. The first-order chi connectivity index (χ1) is 13.2. The molecular formula is C24H30O4. The number of Topliss-reactive ketones (excluding diaryl/α,β-unsaturated/α-hetero) is 1. The summed E-state index contributed by atoms with van der Waals surface area (Å²) in [6.45, 7) is 6.09. The van der Waals surface area contributed by atoms with Crippen LogP contribution in [0.3, 0.4) is 0 Å². The van der Waals surface area contributed by atoms with Crippen LogP contribution in [0.2, 0.25) is 0 Å². The number of hydrogen-bond donors (Lipinski definition) is 0. The number of fused-ring (bicyclic) bond motifs is 7. The van der Waals surface area contributed by atoms with E-state index < -0.39 is 5.41 Å². The average molecular weight is 383 g/mol. The highest BCUT2D eigenvalue weighted by Gasteiger charge is 2.70. The van der Waals surface area contributed by atoms with Gasteiger partial charge in [-0.15, -0.1) is 0 Å². The van der Waals surface area contributed by atoms with Crippen LogP contribution in [0.5, 0.6) is 0 Å². The number of carbonyl (C=O) groups excluding carboxylic acids is 3. The van der Waals surface area contributed by atoms with E-state index >= 15 is 0 Å². The normalized spacial score (nSPS) is 50.6. The van der Waals surface area contributed by atoms with Crippen LogP contribution in [0.15, 0.2) is 23.8 Å². The van der Waals surface area contributed by atoms with Crippen molar-refractivity contribution in [2.75, 3.05) is 7.11 Å². The van der Waals surface area contributed by atoms with Gasteiger partial charge >= 0.3 is 5.97 Å². The minimum atomic E-state index is -1.01. The molecule has 0 heterocycles. The summed E-state index contributed by atoms with van der Waals surface area (Å²) in [7, 11) is 1.40. The molecule has 0 aromatic heterocycles. The summed E-state index contributed by atoms with van der Waals surface area (Å²) in [4.78, 5) is 38.0. The molecule has 5 aliphatic rings. The van der Waals surface area contributed by atoms with E-state index in [1.54, 1.807) is 6.92 Å². The van der Waals surface area contributed by atoms with E-state index in [-0.39, 0.29) is 28.5 Å². The van der Waals surface area contributed by atoms with Crippen molar-refractivity contribution >= 4 is 17.5 Å². The maximum atomic E-state index is 12.9. The van der Waals surface area contributed by atoms with Gasteiger partial charge in [0.15, 0.2) is 5.78 Å². The Hall–Kier alpha value is -1.71. The molecule has 3 unspecified atom stereocenters. The fourth-order valence-corrected chi connectivity index (χ4v) is 8.17. The highest BCUT2D eigenvalue weighted by molar-refractivity contribution is 6.04. The van der Waals surface area contributed by atoms with Gasteiger partial charge in [-0.3, -0.25) is 14.4 Å². The van der Waals surface area contributed by atoms with Gasteiger partial charge in [0.1, 0.15) is 11.2 Å². The molecule has 3 fully saturated rings. The maximum absolute atomic E-state index is 12.9. The van der Waals surface area contributed by atoms with Crippen molar-refractivity contribution in [3.8, 4) is 0 Å². The van der Waals surface area contributed by atoms with E-state index in [2.05, 4.69) is 26.0 Å². The summed E-state index contributed by atoms with van der Waals surface area (Å²) >= 11 is 0. The minimum absolute atomic E-state index is 0.0418. The molecular weight excluding hydrogens is 352 g/mol. The molecule has 3 saturated carbocycles. The highest BCUT2D eigenvalue weighted by Crippen LogP contribution is 2.72. The van der Waals surface area contributed by atoms with E-state index in [1.165, 1.54) is 12.7 Å². The van der Waals surface area contributed by atoms with Crippen LogP contribution in [0.25, 0.3) is 0 Å². The van der Waals surface area contributed by atoms with Gasteiger partial charge < -0.3 is 4.74 Å². The summed E-state index contributed by atoms with van der Waals surface area (Å²) in [6, 6.07) is 0. The van der Waals surface area contributed by atoms with Crippen LogP contribution in [-0.2, 0) is 19.1 Å². The van der Waals surface area contributed by atoms with Gasteiger partial charge in [-0.05, 0) is 85.2 Å². The summed E-state index contributed by atoms with van der Waals surface area (Å²) < 4.78 is 5.17. The summed E-state index contributed by atoms with van der Waals surface area (Å²) in [5, 5.41) is 0. The standard InChI is InChI=1S/C24H30O4/c1-13(25)24(21(27)28-4)10-8-17-15-6-5-14-11-20(26)16-12-19(16)23(14,3)18(15)7-9-22(17,24)2/h5-6,11,15-19H,7-10,12H2,1-4H3/t15?,16-,17?,18?,19+,22+,23+,24-/m1/s1. The third-order valence-electron chi connectivity index (χ3n) is 9.78. The second kappa shape index (κ2) is 5.46. The molecule has 0 bridgehead atoms. The van der Waals surface area contributed by atoms with Crippen LogP contribution in [-0.4, -0.2) is 24.6 Å². The van der Waals surface area contributed by atoms with Gasteiger partial charge in [0.25, 0.3) is 0 Å². The summed E-state index contributed by atoms with van der Waals surface area (Å²) in [6.07, 6.45) is 10.8. The summed E-state index contributed by atoms with van der Waals surface area (Å²) in [5.74, 6) is 1.78. The van der Waals surface area contributed by atoms with E-state index in [4.69, 9.17) is 4.74 Å². The van der Waals surface area contributed by atoms with Crippen molar-refractivity contribution in [1.29, 1.82) is 0 Å². The zero-order valence-electron chi connectivity index (χ0n) is 17.3. The zero-order valence-corrected chi connectivity index (χ0v) is 17.3. The molecule has 0 amide bonds. The molecule has 0 aromatic rings. The first kappa shape index (κ1) is 18.3. The topological polar surface area (TPSA) is 60.4 Å². The lowest BCUT2D eigenvalue weighted by Crippen LogP contribution is -2.56. The van der Waals surface area contributed by atoms with Crippen LogP contribution in [0.4, 0.5) is 0 Å². The molecule has 8 atom stereocenters. The number of esters is 1. The number of carbonyl (C=O) groups is 3. The monoisotopic (exact) mass is 382 g/mol. The first-order valence-electron chi connectivity index (χ1n) is 10.8. The van der Waals surface area contributed by atoms with Crippen molar-refractivity contribution in [3.63, 3.8) is 0 Å². The molecule has 4 nitrogen and oxygen atoms in total. The minimum Gasteiger partial charge on any atom is -0.468 e. The van der Waals surface area contributed by atoms with Gasteiger partial charge in [0, 0.05) is 5.92 Å². The Morgan fingerprint density at radius 3 is 2.50 bits per heavy atom. The smallest absolute Gasteiger partial charge is 0.319 e. The number of ketones is 2. The van der Waals surface area contributed by atoms with Gasteiger partial charge in [0.2, 0.25) is 0 Å². The Labute approximate surface area is 166 Å². The molecule has 4 heteroatoms. The van der Waals surface area contributed by atoms with E-state index in [1.807, 2.05) is 6.08 Å². The number of hydrogen-bond acceptors (Lipinski definition) is 4. The van der Waals surface area contributed by atoms with E-state index in [0.29, 0.717) is 35.9 Å². The number of allylic oxidation sites excluding steroid dienone is 4. The quantitative estimate of drug-likeness (QED) is 0.537. The molecule has 0 saturated heterocycles. The van der Waals surface area contributed by atoms with Gasteiger partial charge in [0.05, 0.1) is 7.11 Å². The fourth-order valence-electron chi connectivity index (χ4n) is 8.17. The Bertz CT molecular complexity index is 853. The molecule has 28 heavy (non-hydrogen) atoms. The predicted octanol–water partition coefficient (Wildman–Crippen LogP) is 3.90. The third-order valence-corrected chi connectivity index (χ3v) is 9.78. The first-order valence-corrected chi connectivity index (χ1v) is 10.8. The average Bonchev–Trinajstić information content (AvgIpc) is 3.41. The van der Waals surface area contributed by atoms with Crippen LogP contribution in [0, 0.1) is 45.8 Å². The highest BCUT2D eigenvalue weighted by atomic mass is 16.5. The maximum Gasteiger partial charge on any atom is 0.319 e. The molecule has 150 valence electrons. The Morgan fingerprint density at radius 1 is 1.11 bits per heavy atom. The second-order valence-corrected chi connectivity index (χ2v) is 10.3. The number of ether oxygens (including phenoxy) is 1. The second-order valence-electron chi connectivity index (χ2n) is 10.3. The van der Waals surface area contributed by atoms with Gasteiger partial charge in [-0.1, -0.05) is 26.0 Å². The molecule has 0 N–H and O–H groups in total. The van der Waals surface area contributed by atoms with E-state index in [9.17, 15) is 14.4 Å².